The summed E-state index contributed by atoms with van der Waals surface area (Å²) in [6.45, 7) is 7.21. The van der Waals surface area contributed by atoms with Gasteiger partial charge in [0.2, 0.25) is 0 Å². The topological polar surface area (TPSA) is 6.48 Å². The SMILES string of the molecule is CCc1cc(Br)ccc1N1CCN2CCCCC2C1. The minimum absolute atomic E-state index is 0.788. The van der Waals surface area contributed by atoms with Crippen LogP contribution in [0.15, 0.2) is 22.7 Å². The maximum atomic E-state index is 3.59. The van der Waals surface area contributed by atoms with Crippen LogP contribution >= 0.6 is 15.9 Å². The quantitative estimate of drug-likeness (QED) is 0.819. The van der Waals surface area contributed by atoms with E-state index < -0.39 is 0 Å². The van der Waals surface area contributed by atoms with E-state index in [1.165, 1.54) is 61.2 Å². The molecule has 1 unspecified atom stereocenters. The van der Waals surface area contributed by atoms with Crippen LogP contribution in [-0.4, -0.2) is 37.1 Å². The molecule has 0 bridgehead atoms. The molecule has 2 saturated heterocycles. The summed E-state index contributed by atoms with van der Waals surface area (Å²) in [5.74, 6) is 0. The summed E-state index contributed by atoms with van der Waals surface area (Å²) in [5, 5.41) is 0. The van der Waals surface area contributed by atoms with Crippen molar-refractivity contribution in [3.63, 3.8) is 0 Å². The molecule has 3 heteroatoms. The van der Waals surface area contributed by atoms with Crippen LogP contribution in [0.25, 0.3) is 0 Å². The monoisotopic (exact) mass is 322 g/mol. The van der Waals surface area contributed by atoms with Gasteiger partial charge in [-0.3, -0.25) is 4.90 Å². The average Bonchev–Trinajstić information content (AvgIpc) is 2.46. The van der Waals surface area contributed by atoms with E-state index >= 15 is 0 Å². The lowest BCUT2D eigenvalue weighted by molar-refractivity contribution is 0.133. The van der Waals surface area contributed by atoms with Gasteiger partial charge in [-0.1, -0.05) is 29.3 Å². The van der Waals surface area contributed by atoms with Gasteiger partial charge in [-0.15, -0.1) is 0 Å². The van der Waals surface area contributed by atoms with Crippen molar-refractivity contribution in [2.24, 2.45) is 0 Å². The zero-order valence-electron chi connectivity index (χ0n) is 11.7. The van der Waals surface area contributed by atoms with E-state index in [1.807, 2.05) is 0 Å². The number of hydrogen-bond acceptors (Lipinski definition) is 2. The van der Waals surface area contributed by atoms with Gasteiger partial charge in [0.1, 0.15) is 0 Å². The number of fused-ring (bicyclic) bond motifs is 1. The molecular formula is C16H23BrN2. The summed E-state index contributed by atoms with van der Waals surface area (Å²) in [4.78, 5) is 5.31. The molecule has 2 aliphatic heterocycles. The van der Waals surface area contributed by atoms with E-state index in [0.29, 0.717) is 0 Å². The van der Waals surface area contributed by atoms with Gasteiger partial charge in [-0.2, -0.15) is 0 Å². The lowest BCUT2D eigenvalue weighted by Gasteiger charge is -2.45. The summed E-state index contributed by atoms with van der Waals surface area (Å²) >= 11 is 3.59. The van der Waals surface area contributed by atoms with Gasteiger partial charge >= 0.3 is 0 Å². The maximum Gasteiger partial charge on any atom is 0.0400 e. The number of nitrogens with zero attached hydrogens (tertiary/aromatic N) is 2. The Kier molecular flexibility index (Phi) is 4.13. The first kappa shape index (κ1) is 13.4. The molecule has 0 amide bonds. The van der Waals surface area contributed by atoms with Gasteiger partial charge in [0, 0.05) is 35.8 Å². The molecule has 1 aromatic carbocycles. The van der Waals surface area contributed by atoms with Crippen LogP contribution in [0.2, 0.25) is 0 Å². The Hall–Kier alpha value is -0.540. The predicted molar refractivity (Wildman–Crippen MR) is 84.9 cm³/mol. The van der Waals surface area contributed by atoms with E-state index in [2.05, 4.69) is 50.9 Å². The third-order valence-corrected chi connectivity index (χ3v) is 5.09. The number of anilines is 1. The minimum atomic E-state index is 0.788. The van der Waals surface area contributed by atoms with Crippen LogP contribution in [0.4, 0.5) is 5.69 Å². The molecule has 2 nitrogen and oxygen atoms in total. The van der Waals surface area contributed by atoms with Crippen LogP contribution in [0.5, 0.6) is 0 Å². The van der Waals surface area contributed by atoms with Crippen molar-refractivity contribution in [2.45, 2.75) is 38.6 Å². The number of piperidine rings is 1. The number of hydrogen-bond donors (Lipinski definition) is 0. The molecule has 2 heterocycles. The summed E-state index contributed by atoms with van der Waals surface area (Å²) in [6, 6.07) is 7.54. The van der Waals surface area contributed by atoms with Crippen molar-refractivity contribution in [3.05, 3.63) is 28.2 Å². The van der Waals surface area contributed by atoms with Gasteiger partial charge in [-0.05, 0) is 49.6 Å². The zero-order chi connectivity index (χ0) is 13.2. The molecular weight excluding hydrogens is 300 g/mol. The molecule has 2 aliphatic rings. The molecule has 3 rings (SSSR count). The third kappa shape index (κ3) is 2.82. The number of piperazine rings is 1. The molecule has 0 radical (unpaired) electrons. The second-order valence-electron chi connectivity index (χ2n) is 5.76. The number of halogens is 1. The highest BCUT2D eigenvalue weighted by Crippen LogP contribution is 2.29. The lowest BCUT2D eigenvalue weighted by Crippen LogP contribution is -2.55. The predicted octanol–water partition coefficient (Wildman–Crippen LogP) is 3.69. The molecule has 1 aromatic rings. The standard InChI is InChI=1S/C16H23BrN2/c1-2-13-11-14(17)6-7-16(13)19-10-9-18-8-4-3-5-15(18)12-19/h6-7,11,15H,2-5,8-10,12H2,1H3. The smallest absolute Gasteiger partial charge is 0.0400 e. The largest absolute Gasteiger partial charge is 0.368 e. The van der Waals surface area contributed by atoms with E-state index in [9.17, 15) is 0 Å². The van der Waals surface area contributed by atoms with Crippen LogP contribution < -0.4 is 4.90 Å². The van der Waals surface area contributed by atoms with E-state index in [-0.39, 0.29) is 0 Å². The second kappa shape index (κ2) is 5.84. The van der Waals surface area contributed by atoms with Crippen molar-refractivity contribution in [1.29, 1.82) is 0 Å². The third-order valence-electron chi connectivity index (χ3n) is 4.60. The number of benzene rings is 1. The Bertz CT molecular complexity index is 446. The Morgan fingerprint density at radius 2 is 2.11 bits per heavy atom. The van der Waals surface area contributed by atoms with Crippen molar-refractivity contribution < 1.29 is 0 Å². The Morgan fingerprint density at radius 1 is 1.21 bits per heavy atom. The highest BCUT2D eigenvalue weighted by atomic mass is 79.9. The first-order chi connectivity index (χ1) is 9.28. The molecule has 1 atom stereocenters. The van der Waals surface area contributed by atoms with Crippen LogP contribution in [0, 0.1) is 0 Å². The highest BCUT2D eigenvalue weighted by molar-refractivity contribution is 9.10. The van der Waals surface area contributed by atoms with Gasteiger partial charge in [-0.25, -0.2) is 0 Å². The summed E-state index contributed by atoms with van der Waals surface area (Å²) < 4.78 is 1.20. The van der Waals surface area contributed by atoms with Crippen molar-refractivity contribution in [1.82, 2.24) is 4.90 Å². The van der Waals surface area contributed by atoms with Gasteiger partial charge in [0.15, 0.2) is 0 Å². The fourth-order valence-electron chi connectivity index (χ4n) is 3.52. The molecule has 19 heavy (non-hydrogen) atoms. The molecule has 0 saturated carbocycles. The Labute approximate surface area is 124 Å². The normalized spacial score (nSPS) is 24.3. The highest BCUT2D eigenvalue weighted by Gasteiger charge is 2.29. The summed E-state index contributed by atoms with van der Waals surface area (Å²) in [5.41, 5.74) is 2.93. The molecule has 0 spiro atoms. The van der Waals surface area contributed by atoms with E-state index in [4.69, 9.17) is 0 Å². The molecule has 0 N–H and O–H groups in total. The van der Waals surface area contributed by atoms with Gasteiger partial charge < -0.3 is 4.90 Å². The fraction of sp³-hybridized carbons (Fsp3) is 0.625. The van der Waals surface area contributed by atoms with Gasteiger partial charge in [0.05, 0.1) is 0 Å². The fourth-order valence-corrected chi connectivity index (χ4v) is 3.93. The number of aryl methyl sites for hydroxylation is 1. The van der Waals surface area contributed by atoms with Crippen LogP contribution in [0.3, 0.4) is 0 Å². The van der Waals surface area contributed by atoms with Gasteiger partial charge in [0.25, 0.3) is 0 Å². The van der Waals surface area contributed by atoms with Crippen molar-refractivity contribution >= 4 is 21.6 Å². The second-order valence-corrected chi connectivity index (χ2v) is 6.67. The van der Waals surface area contributed by atoms with E-state index in [0.717, 1.165) is 12.5 Å². The first-order valence-electron chi connectivity index (χ1n) is 7.55. The van der Waals surface area contributed by atoms with Crippen molar-refractivity contribution in [3.8, 4) is 0 Å². The summed E-state index contributed by atoms with van der Waals surface area (Å²) in [6.07, 6.45) is 5.30. The van der Waals surface area contributed by atoms with Crippen LogP contribution in [-0.2, 0) is 6.42 Å². The molecule has 104 valence electrons. The van der Waals surface area contributed by atoms with E-state index in [1.54, 1.807) is 0 Å². The maximum absolute atomic E-state index is 3.59. The zero-order valence-corrected chi connectivity index (χ0v) is 13.3. The Balaban J connectivity index is 1.79. The first-order valence-corrected chi connectivity index (χ1v) is 8.34. The minimum Gasteiger partial charge on any atom is -0.368 e. The number of rotatable bonds is 2. The lowest BCUT2D eigenvalue weighted by atomic mass is 9.98. The molecule has 2 fully saturated rings. The molecule has 0 aliphatic carbocycles. The Morgan fingerprint density at radius 3 is 2.95 bits per heavy atom. The summed E-state index contributed by atoms with van der Waals surface area (Å²) in [7, 11) is 0. The average molecular weight is 323 g/mol. The molecule has 0 aromatic heterocycles. The van der Waals surface area contributed by atoms with Crippen molar-refractivity contribution in [2.75, 3.05) is 31.1 Å². The van der Waals surface area contributed by atoms with Crippen LogP contribution in [0.1, 0.15) is 31.7 Å².